The molecule has 7 heteroatoms. The van der Waals surface area contributed by atoms with E-state index in [9.17, 15) is 22.4 Å². The molecule has 0 radical (unpaired) electrons. The summed E-state index contributed by atoms with van der Waals surface area (Å²) in [5, 5.41) is 0. The van der Waals surface area contributed by atoms with Crippen LogP contribution in [0.25, 0.3) is 0 Å². The van der Waals surface area contributed by atoms with Crippen LogP contribution in [0, 0.1) is 11.8 Å². The lowest BCUT2D eigenvalue weighted by Crippen LogP contribution is -2.15. The smallest absolute Gasteiger partial charge is 0.267 e. The zero-order valence-electron chi connectivity index (χ0n) is 6.60. The SMILES string of the molecule is NC(=O)c1cc(C(F)F)c(F)c(F)n1. The Kier molecular flexibility index (Phi) is 2.68. The molecule has 0 aliphatic carbocycles. The van der Waals surface area contributed by atoms with Gasteiger partial charge in [0.15, 0.2) is 5.82 Å². The van der Waals surface area contributed by atoms with Crippen LogP contribution in [0.1, 0.15) is 22.5 Å². The number of rotatable bonds is 2. The van der Waals surface area contributed by atoms with Gasteiger partial charge in [-0.3, -0.25) is 4.79 Å². The number of pyridine rings is 1. The summed E-state index contributed by atoms with van der Waals surface area (Å²) in [5.74, 6) is -4.74. The van der Waals surface area contributed by atoms with Gasteiger partial charge in [-0.2, -0.15) is 4.39 Å². The van der Waals surface area contributed by atoms with Crippen LogP contribution in [0.4, 0.5) is 17.6 Å². The van der Waals surface area contributed by atoms with E-state index < -0.39 is 35.4 Å². The van der Waals surface area contributed by atoms with Crippen LogP contribution in [0.3, 0.4) is 0 Å². The van der Waals surface area contributed by atoms with E-state index in [1.807, 2.05) is 0 Å². The van der Waals surface area contributed by atoms with Gasteiger partial charge >= 0.3 is 0 Å². The summed E-state index contributed by atoms with van der Waals surface area (Å²) in [6, 6.07) is 0.422. The van der Waals surface area contributed by atoms with Gasteiger partial charge in [-0.15, -0.1) is 0 Å². The van der Waals surface area contributed by atoms with Gasteiger partial charge in [-0.1, -0.05) is 0 Å². The standard InChI is InChI=1S/C7H4F4N2O/c8-4-2(5(9)10)1-3(7(12)14)13-6(4)11/h1,5H,(H2,12,14). The number of halogens is 4. The van der Waals surface area contributed by atoms with Crippen LogP contribution in [0.5, 0.6) is 0 Å². The van der Waals surface area contributed by atoms with Crippen molar-refractivity contribution in [2.75, 3.05) is 0 Å². The summed E-state index contributed by atoms with van der Waals surface area (Å²) >= 11 is 0. The van der Waals surface area contributed by atoms with Crippen LogP contribution in [-0.2, 0) is 0 Å². The summed E-state index contributed by atoms with van der Waals surface area (Å²) in [4.78, 5) is 13.2. The van der Waals surface area contributed by atoms with E-state index in [2.05, 4.69) is 10.7 Å². The van der Waals surface area contributed by atoms with Gasteiger partial charge in [0, 0.05) is 0 Å². The van der Waals surface area contributed by atoms with Crippen LogP contribution >= 0.6 is 0 Å². The molecule has 0 spiro atoms. The first-order valence-corrected chi connectivity index (χ1v) is 3.37. The summed E-state index contributed by atoms with van der Waals surface area (Å²) in [6.45, 7) is 0. The minimum Gasteiger partial charge on any atom is -0.364 e. The fourth-order valence-corrected chi connectivity index (χ4v) is 0.802. The Bertz CT molecular complexity index is 380. The normalized spacial score (nSPS) is 10.6. The number of nitrogens with zero attached hydrogens (tertiary/aromatic N) is 1. The van der Waals surface area contributed by atoms with Crippen molar-refractivity contribution >= 4 is 5.91 Å². The van der Waals surface area contributed by atoms with E-state index in [1.54, 1.807) is 0 Å². The molecule has 1 amide bonds. The topological polar surface area (TPSA) is 56.0 Å². The molecule has 0 saturated heterocycles. The third-order valence-electron chi connectivity index (χ3n) is 1.43. The number of alkyl halides is 2. The van der Waals surface area contributed by atoms with Crippen molar-refractivity contribution in [3.05, 3.63) is 29.1 Å². The minimum absolute atomic E-state index is 0.422. The molecule has 1 heterocycles. The molecular formula is C7H4F4N2O. The Morgan fingerprint density at radius 3 is 2.43 bits per heavy atom. The molecule has 0 aromatic carbocycles. The maximum atomic E-state index is 12.6. The van der Waals surface area contributed by atoms with Crippen LogP contribution in [-0.4, -0.2) is 10.9 Å². The molecule has 0 unspecified atom stereocenters. The highest BCUT2D eigenvalue weighted by molar-refractivity contribution is 5.90. The summed E-state index contributed by atoms with van der Waals surface area (Å²) in [5.41, 5.74) is 2.70. The Hall–Kier alpha value is -1.66. The minimum atomic E-state index is -3.23. The molecule has 1 rings (SSSR count). The number of hydrogen-bond donors (Lipinski definition) is 1. The fraction of sp³-hybridized carbons (Fsp3) is 0.143. The van der Waals surface area contributed by atoms with Gasteiger partial charge in [0.25, 0.3) is 12.3 Å². The molecule has 1 aromatic heterocycles. The molecular weight excluding hydrogens is 204 g/mol. The lowest BCUT2D eigenvalue weighted by molar-refractivity contribution is 0.0993. The largest absolute Gasteiger partial charge is 0.364 e. The predicted octanol–water partition coefficient (Wildman–Crippen LogP) is 1.40. The highest BCUT2D eigenvalue weighted by Crippen LogP contribution is 2.23. The Labute approximate surface area is 75.5 Å². The maximum absolute atomic E-state index is 12.6. The number of nitrogens with two attached hydrogens (primary N) is 1. The average Bonchev–Trinajstić information content (AvgIpc) is 2.08. The third kappa shape index (κ3) is 1.81. The number of aromatic nitrogens is 1. The molecule has 0 aliphatic rings. The Balaban J connectivity index is 3.35. The molecule has 1 aromatic rings. The first kappa shape index (κ1) is 10.4. The highest BCUT2D eigenvalue weighted by Gasteiger charge is 2.21. The van der Waals surface area contributed by atoms with Crippen LogP contribution < -0.4 is 5.73 Å². The summed E-state index contributed by atoms with van der Waals surface area (Å²) < 4.78 is 49.3. The molecule has 14 heavy (non-hydrogen) atoms. The summed E-state index contributed by atoms with van der Waals surface area (Å²) in [6.07, 6.45) is -3.23. The average molecular weight is 208 g/mol. The van der Waals surface area contributed by atoms with Gasteiger partial charge in [-0.05, 0) is 6.07 Å². The van der Waals surface area contributed by atoms with Gasteiger partial charge in [0.2, 0.25) is 5.95 Å². The number of carbonyl (C=O) groups excluding carboxylic acids is 1. The van der Waals surface area contributed by atoms with Gasteiger partial charge in [0.05, 0.1) is 5.56 Å². The van der Waals surface area contributed by atoms with Gasteiger partial charge in [-0.25, -0.2) is 18.2 Å². The molecule has 0 aliphatic heterocycles. The van der Waals surface area contributed by atoms with Crippen molar-refractivity contribution in [1.29, 1.82) is 0 Å². The second kappa shape index (κ2) is 3.60. The van der Waals surface area contributed by atoms with E-state index in [-0.39, 0.29) is 0 Å². The van der Waals surface area contributed by atoms with Gasteiger partial charge in [0.1, 0.15) is 5.69 Å². The van der Waals surface area contributed by atoms with Crippen molar-refractivity contribution < 1.29 is 22.4 Å². The lowest BCUT2D eigenvalue weighted by atomic mass is 10.2. The number of carbonyl (C=O) groups is 1. The Morgan fingerprint density at radius 2 is 2.00 bits per heavy atom. The van der Waals surface area contributed by atoms with Crippen molar-refractivity contribution in [3.63, 3.8) is 0 Å². The number of hydrogen-bond acceptors (Lipinski definition) is 2. The van der Waals surface area contributed by atoms with Crippen molar-refractivity contribution in [2.24, 2.45) is 5.73 Å². The van der Waals surface area contributed by atoms with E-state index >= 15 is 0 Å². The summed E-state index contributed by atoms with van der Waals surface area (Å²) in [7, 11) is 0. The molecule has 2 N–H and O–H groups in total. The molecule has 0 fully saturated rings. The number of primary amides is 1. The molecule has 0 saturated carbocycles. The van der Waals surface area contributed by atoms with E-state index in [1.165, 1.54) is 0 Å². The lowest BCUT2D eigenvalue weighted by Gasteiger charge is -2.03. The molecule has 3 nitrogen and oxygen atoms in total. The molecule has 0 atom stereocenters. The highest BCUT2D eigenvalue weighted by atomic mass is 19.3. The van der Waals surface area contributed by atoms with E-state index in [4.69, 9.17) is 0 Å². The van der Waals surface area contributed by atoms with Crippen molar-refractivity contribution in [1.82, 2.24) is 4.98 Å². The van der Waals surface area contributed by atoms with E-state index in [0.29, 0.717) is 6.07 Å². The van der Waals surface area contributed by atoms with Gasteiger partial charge < -0.3 is 5.73 Å². The zero-order chi connectivity index (χ0) is 10.9. The predicted molar refractivity (Wildman–Crippen MR) is 37.6 cm³/mol. The first-order chi connectivity index (χ1) is 6.43. The van der Waals surface area contributed by atoms with Crippen molar-refractivity contribution in [3.8, 4) is 0 Å². The second-order valence-electron chi connectivity index (χ2n) is 2.37. The van der Waals surface area contributed by atoms with E-state index in [0.717, 1.165) is 0 Å². The van der Waals surface area contributed by atoms with Crippen LogP contribution in [0.2, 0.25) is 0 Å². The Morgan fingerprint density at radius 1 is 1.43 bits per heavy atom. The first-order valence-electron chi connectivity index (χ1n) is 3.37. The third-order valence-corrected chi connectivity index (χ3v) is 1.43. The monoisotopic (exact) mass is 208 g/mol. The fourth-order valence-electron chi connectivity index (χ4n) is 0.802. The van der Waals surface area contributed by atoms with Crippen LogP contribution in [0.15, 0.2) is 6.07 Å². The van der Waals surface area contributed by atoms with Crippen molar-refractivity contribution in [2.45, 2.75) is 6.43 Å². The molecule has 76 valence electrons. The molecule has 0 bridgehead atoms. The second-order valence-corrected chi connectivity index (χ2v) is 2.37. The zero-order valence-corrected chi connectivity index (χ0v) is 6.60. The quantitative estimate of drug-likeness (QED) is 0.589. The maximum Gasteiger partial charge on any atom is 0.267 e. The number of amides is 1.